The molecule has 1 heterocycles. The molecule has 17 heavy (non-hydrogen) atoms. The second-order valence-corrected chi connectivity index (χ2v) is 5.36. The average Bonchev–Trinajstić information content (AvgIpc) is 2.33. The third kappa shape index (κ3) is 3.35. The van der Waals surface area contributed by atoms with Crippen LogP contribution in [0.2, 0.25) is 0 Å². The molecule has 2 rings (SSSR count). The maximum absolute atomic E-state index is 13.2. The van der Waals surface area contributed by atoms with Gasteiger partial charge in [-0.05, 0) is 40.3 Å². The van der Waals surface area contributed by atoms with Crippen molar-refractivity contribution in [3.8, 4) is 0 Å². The molecular weight excluding hydrogens is 337 g/mol. The molecule has 1 atom stereocenters. The van der Waals surface area contributed by atoms with Gasteiger partial charge in [-0.15, -0.1) is 0 Å². The van der Waals surface area contributed by atoms with Crippen molar-refractivity contribution in [3.63, 3.8) is 0 Å². The van der Waals surface area contributed by atoms with Crippen LogP contribution in [0.15, 0.2) is 24.3 Å². The van der Waals surface area contributed by atoms with E-state index in [0.717, 1.165) is 16.7 Å². The maximum Gasteiger partial charge on any atom is 0.258 e. The van der Waals surface area contributed by atoms with Crippen LogP contribution in [0.4, 0.5) is 8.78 Å². The first-order valence-corrected chi connectivity index (χ1v) is 6.75. The number of benzene rings is 1. The van der Waals surface area contributed by atoms with E-state index >= 15 is 0 Å². The second-order valence-electron chi connectivity index (χ2n) is 4.12. The molecule has 2 nitrogen and oxygen atoms in total. The lowest BCUT2D eigenvalue weighted by atomic mass is 10.1. The molecule has 0 spiro atoms. The largest absolute Gasteiger partial charge is 0.314 e. The number of hydrogen-bond donors (Lipinski definition) is 1. The molecule has 1 saturated heterocycles. The van der Waals surface area contributed by atoms with Crippen LogP contribution in [0, 0.1) is 3.57 Å². The molecule has 1 aliphatic rings. The van der Waals surface area contributed by atoms with E-state index in [9.17, 15) is 8.78 Å². The van der Waals surface area contributed by atoms with E-state index in [1.165, 1.54) is 0 Å². The molecule has 94 valence electrons. The smallest absolute Gasteiger partial charge is 0.258 e. The van der Waals surface area contributed by atoms with Crippen LogP contribution in [0.3, 0.4) is 0 Å². The SMILES string of the molecule is FC(F)[C@H](c1ccc(I)cc1)N1CCNCC1. The minimum absolute atomic E-state index is 0.682. The van der Waals surface area contributed by atoms with Crippen LogP contribution < -0.4 is 5.32 Å². The number of rotatable bonds is 3. The Balaban J connectivity index is 2.18. The zero-order valence-electron chi connectivity index (χ0n) is 9.37. The first-order chi connectivity index (χ1) is 8.18. The topological polar surface area (TPSA) is 15.3 Å². The highest BCUT2D eigenvalue weighted by Crippen LogP contribution is 2.28. The minimum Gasteiger partial charge on any atom is -0.314 e. The Labute approximate surface area is 114 Å². The quantitative estimate of drug-likeness (QED) is 0.841. The zero-order valence-corrected chi connectivity index (χ0v) is 11.5. The van der Waals surface area contributed by atoms with Gasteiger partial charge in [0.05, 0.1) is 6.04 Å². The molecule has 5 heteroatoms. The van der Waals surface area contributed by atoms with Gasteiger partial charge < -0.3 is 5.32 Å². The lowest BCUT2D eigenvalue weighted by molar-refractivity contribution is 0.0182. The Morgan fingerprint density at radius 3 is 2.24 bits per heavy atom. The summed E-state index contributed by atoms with van der Waals surface area (Å²) < 4.78 is 27.5. The Bertz CT molecular complexity index is 350. The molecule has 1 aliphatic heterocycles. The second kappa shape index (κ2) is 6.06. The van der Waals surface area contributed by atoms with E-state index in [4.69, 9.17) is 0 Å². The summed E-state index contributed by atoms with van der Waals surface area (Å²) in [6.45, 7) is 2.93. The van der Waals surface area contributed by atoms with Gasteiger partial charge in [-0.2, -0.15) is 0 Å². The maximum atomic E-state index is 13.2. The average molecular weight is 352 g/mol. The van der Waals surface area contributed by atoms with Crippen molar-refractivity contribution in [2.75, 3.05) is 26.2 Å². The molecule has 1 N–H and O–H groups in total. The zero-order chi connectivity index (χ0) is 12.3. The molecular formula is C12H15F2IN2. The van der Waals surface area contributed by atoms with Crippen LogP contribution in [0.1, 0.15) is 11.6 Å². The van der Waals surface area contributed by atoms with E-state index < -0.39 is 12.5 Å². The van der Waals surface area contributed by atoms with E-state index in [1.807, 2.05) is 17.0 Å². The fraction of sp³-hybridized carbons (Fsp3) is 0.500. The monoisotopic (exact) mass is 352 g/mol. The predicted molar refractivity (Wildman–Crippen MR) is 72.3 cm³/mol. The number of nitrogens with zero attached hydrogens (tertiary/aromatic N) is 1. The summed E-state index contributed by atoms with van der Waals surface area (Å²) in [5.74, 6) is 0. The highest BCUT2D eigenvalue weighted by atomic mass is 127. The summed E-state index contributed by atoms with van der Waals surface area (Å²) in [7, 11) is 0. The Kier molecular flexibility index (Phi) is 4.69. The predicted octanol–water partition coefficient (Wildman–Crippen LogP) is 2.50. The van der Waals surface area contributed by atoms with Gasteiger partial charge in [-0.3, -0.25) is 4.90 Å². The lowest BCUT2D eigenvalue weighted by Gasteiger charge is -2.34. The summed E-state index contributed by atoms with van der Waals surface area (Å²) >= 11 is 2.18. The Morgan fingerprint density at radius 1 is 1.12 bits per heavy atom. The standard InChI is InChI=1S/C12H15F2IN2/c13-12(14)11(17-7-5-16-6-8-17)9-1-3-10(15)4-2-9/h1-4,11-12,16H,5-8H2/t11-/m0/s1. The molecule has 1 aromatic rings. The van der Waals surface area contributed by atoms with Gasteiger partial charge in [-0.1, -0.05) is 12.1 Å². The summed E-state index contributed by atoms with van der Waals surface area (Å²) in [6, 6.07) is 6.61. The van der Waals surface area contributed by atoms with E-state index in [2.05, 4.69) is 27.9 Å². The third-order valence-electron chi connectivity index (χ3n) is 3.00. The summed E-state index contributed by atoms with van der Waals surface area (Å²) in [4.78, 5) is 1.86. The molecule has 0 aromatic heterocycles. The van der Waals surface area contributed by atoms with Crippen molar-refractivity contribution < 1.29 is 8.78 Å². The van der Waals surface area contributed by atoms with Gasteiger partial charge in [0.25, 0.3) is 6.43 Å². The van der Waals surface area contributed by atoms with Crippen molar-refractivity contribution in [1.82, 2.24) is 10.2 Å². The molecule has 0 amide bonds. The van der Waals surface area contributed by atoms with Crippen LogP contribution in [-0.4, -0.2) is 37.5 Å². The van der Waals surface area contributed by atoms with Crippen LogP contribution in [0.25, 0.3) is 0 Å². The van der Waals surface area contributed by atoms with Gasteiger partial charge in [-0.25, -0.2) is 8.78 Å². The first kappa shape index (κ1) is 13.2. The molecule has 1 aromatic carbocycles. The molecule has 0 unspecified atom stereocenters. The molecule has 0 bridgehead atoms. The Hall–Kier alpha value is -0.270. The van der Waals surface area contributed by atoms with Gasteiger partial charge in [0.15, 0.2) is 0 Å². The normalized spacial score (nSPS) is 19.5. The lowest BCUT2D eigenvalue weighted by Crippen LogP contribution is -2.46. The highest BCUT2D eigenvalue weighted by Gasteiger charge is 2.29. The van der Waals surface area contributed by atoms with Crippen LogP contribution >= 0.6 is 22.6 Å². The fourth-order valence-electron chi connectivity index (χ4n) is 2.14. The number of hydrogen-bond acceptors (Lipinski definition) is 2. The van der Waals surface area contributed by atoms with Crippen LogP contribution in [-0.2, 0) is 0 Å². The van der Waals surface area contributed by atoms with Gasteiger partial charge >= 0.3 is 0 Å². The van der Waals surface area contributed by atoms with E-state index in [1.54, 1.807) is 12.1 Å². The first-order valence-electron chi connectivity index (χ1n) is 5.67. The van der Waals surface area contributed by atoms with Crippen molar-refractivity contribution in [2.45, 2.75) is 12.5 Å². The molecule has 0 saturated carbocycles. The summed E-state index contributed by atoms with van der Waals surface area (Å²) in [5, 5.41) is 3.18. The van der Waals surface area contributed by atoms with Crippen molar-refractivity contribution in [1.29, 1.82) is 0 Å². The number of nitrogens with one attached hydrogen (secondary N) is 1. The Morgan fingerprint density at radius 2 is 1.71 bits per heavy atom. The fourth-order valence-corrected chi connectivity index (χ4v) is 2.50. The summed E-state index contributed by atoms with van der Waals surface area (Å²) in [6.07, 6.45) is -2.34. The van der Waals surface area contributed by atoms with Crippen LogP contribution in [0.5, 0.6) is 0 Å². The minimum atomic E-state index is -2.34. The van der Waals surface area contributed by atoms with Gasteiger partial charge in [0.1, 0.15) is 0 Å². The highest BCUT2D eigenvalue weighted by molar-refractivity contribution is 14.1. The van der Waals surface area contributed by atoms with Gasteiger partial charge in [0, 0.05) is 29.7 Å². The number of halogens is 3. The van der Waals surface area contributed by atoms with Gasteiger partial charge in [0.2, 0.25) is 0 Å². The van der Waals surface area contributed by atoms with E-state index in [0.29, 0.717) is 18.7 Å². The number of alkyl halides is 2. The summed E-state index contributed by atoms with van der Waals surface area (Å²) in [5.41, 5.74) is 0.710. The van der Waals surface area contributed by atoms with Crippen molar-refractivity contribution in [2.24, 2.45) is 0 Å². The van der Waals surface area contributed by atoms with Crippen molar-refractivity contribution in [3.05, 3.63) is 33.4 Å². The molecule has 0 aliphatic carbocycles. The number of piperazine rings is 1. The van der Waals surface area contributed by atoms with Crippen molar-refractivity contribution >= 4 is 22.6 Å². The van der Waals surface area contributed by atoms with E-state index in [-0.39, 0.29) is 0 Å². The molecule has 1 fully saturated rings. The molecule has 0 radical (unpaired) electrons. The third-order valence-corrected chi connectivity index (χ3v) is 3.71.